The number of phenols is 1. The predicted molar refractivity (Wildman–Crippen MR) is 63.5 cm³/mol. The molecule has 2 atom stereocenters. The Morgan fingerprint density at radius 3 is 2.65 bits per heavy atom. The maximum atomic E-state index is 11.6. The summed E-state index contributed by atoms with van der Waals surface area (Å²) in [5, 5.41) is 19.4. The van der Waals surface area contributed by atoms with Crippen LogP contribution in [0.1, 0.15) is 31.9 Å². The molecule has 4 nitrogen and oxygen atoms in total. The van der Waals surface area contributed by atoms with Gasteiger partial charge in [-0.2, -0.15) is 0 Å². The summed E-state index contributed by atoms with van der Waals surface area (Å²) < 4.78 is 4.91. The molecule has 2 unspecified atom stereocenters. The maximum Gasteiger partial charge on any atom is 0.311 e. The van der Waals surface area contributed by atoms with Crippen LogP contribution >= 0.6 is 0 Å². The standard InChI is InChI=1S/C13H18O4/c1-3-11(13(16)17-4-2)12(15)9-6-5-7-10(14)8-9/h5-8,11-12,14-15H,3-4H2,1-2H3. The Bertz CT molecular complexity index is 375. The molecule has 0 saturated heterocycles. The third-order valence-corrected chi connectivity index (χ3v) is 2.62. The van der Waals surface area contributed by atoms with Crippen molar-refractivity contribution in [3.8, 4) is 5.75 Å². The van der Waals surface area contributed by atoms with Crippen LogP contribution in [0, 0.1) is 5.92 Å². The Morgan fingerprint density at radius 1 is 1.41 bits per heavy atom. The van der Waals surface area contributed by atoms with Gasteiger partial charge in [-0.15, -0.1) is 0 Å². The first kappa shape index (κ1) is 13.5. The van der Waals surface area contributed by atoms with Gasteiger partial charge < -0.3 is 14.9 Å². The van der Waals surface area contributed by atoms with Crippen molar-refractivity contribution in [3.63, 3.8) is 0 Å². The molecule has 0 spiro atoms. The number of aliphatic hydroxyl groups excluding tert-OH is 1. The van der Waals surface area contributed by atoms with E-state index in [2.05, 4.69) is 0 Å². The Morgan fingerprint density at radius 2 is 2.12 bits per heavy atom. The first-order chi connectivity index (χ1) is 8.10. The SMILES string of the molecule is CCOC(=O)C(CC)C(O)c1cccc(O)c1. The molecule has 0 aliphatic carbocycles. The van der Waals surface area contributed by atoms with Gasteiger partial charge in [0.25, 0.3) is 0 Å². The van der Waals surface area contributed by atoms with E-state index in [1.165, 1.54) is 12.1 Å². The topological polar surface area (TPSA) is 66.8 Å². The van der Waals surface area contributed by atoms with Gasteiger partial charge in [-0.25, -0.2) is 0 Å². The van der Waals surface area contributed by atoms with Gasteiger partial charge in [-0.3, -0.25) is 4.79 Å². The Hall–Kier alpha value is -1.55. The summed E-state index contributed by atoms with van der Waals surface area (Å²) >= 11 is 0. The largest absolute Gasteiger partial charge is 0.508 e. The Kier molecular flexibility index (Phi) is 4.97. The molecular weight excluding hydrogens is 220 g/mol. The van der Waals surface area contributed by atoms with Crippen molar-refractivity contribution < 1.29 is 19.7 Å². The molecule has 0 amide bonds. The van der Waals surface area contributed by atoms with Crippen molar-refractivity contribution in [2.75, 3.05) is 6.61 Å². The average molecular weight is 238 g/mol. The van der Waals surface area contributed by atoms with Gasteiger partial charge in [0.15, 0.2) is 0 Å². The van der Waals surface area contributed by atoms with Crippen LogP contribution in [-0.4, -0.2) is 22.8 Å². The highest BCUT2D eigenvalue weighted by molar-refractivity contribution is 5.73. The summed E-state index contributed by atoms with van der Waals surface area (Å²) in [5.41, 5.74) is 0.518. The van der Waals surface area contributed by atoms with Gasteiger partial charge >= 0.3 is 5.97 Å². The summed E-state index contributed by atoms with van der Waals surface area (Å²) in [4.78, 5) is 11.6. The van der Waals surface area contributed by atoms with E-state index in [-0.39, 0.29) is 5.75 Å². The van der Waals surface area contributed by atoms with Crippen LogP contribution in [0.3, 0.4) is 0 Å². The smallest absolute Gasteiger partial charge is 0.311 e. The van der Waals surface area contributed by atoms with E-state index >= 15 is 0 Å². The number of esters is 1. The molecule has 0 aliphatic rings. The summed E-state index contributed by atoms with van der Waals surface area (Å²) in [6.45, 7) is 3.83. The fourth-order valence-electron chi connectivity index (χ4n) is 1.71. The third kappa shape index (κ3) is 3.46. The number of aromatic hydroxyl groups is 1. The highest BCUT2D eigenvalue weighted by atomic mass is 16.5. The lowest BCUT2D eigenvalue weighted by Crippen LogP contribution is -2.24. The fraction of sp³-hybridized carbons (Fsp3) is 0.462. The number of benzene rings is 1. The van der Waals surface area contributed by atoms with Gasteiger partial charge in [0.1, 0.15) is 5.75 Å². The van der Waals surface area contributed by atoms with Crippen molar-refractivity contribution in [3.05, 3.63) is 29.8 Å². The zero-order valence-electron chi connectivity index (χ0n) is 10.1. The van der Waals surface area contributed by atoms with Crippen LogP contribution in [-0.2, 0) is 9.53 Å². The number of hydrogen-bond acceptors (Lipinski definition) is 4. The molecule has 0 fully saturated rings. The van der Waals surface area contributed by atoms with E-state index in [4.69, 9.17) is 4.74 Å². The molecule has 1 aromatic rings. The van der Waals surface area contributed by atoms with Crippen LogP contribution in [0.25, 0.3) is 0 Å². The van der Waals surface area contributed by atoms with Crippen molar-refractivity contribution in [2.24, 2.45) is 5.92 Å². The highest BCUT2D eigenvalue weighted by Gasteiger charge is 2.27. The number of ether oxygens (including phenoxy) is 1. The van der Waals surface area contributed by atoms with E-state index in [1.807, 2.05) is 6.92 Å². The molecule has 0 heterocycles. The number of carbonyl (C=O) groups is 1. The molecule has 0 saturated carbocycles. The molecule has 0 radical (unpaired) electrons. The number of hydrogen-bond donors (Lipinski definition) is 2. The first-order valence-corrected chi connectivity index (χ1v) is 5.73. The Labute approximate surface area is 101 Å². The lowest BCUT2D eigenvalue weighted by atomic mass is 9.93. The second kappa shape index (κ2) is 6.25. The van der Waals surface area contributed by atoms with Crippen LogP contribution in [0.4, 0.5) is 0 Å². The zero-order valence-corrected chi connectivity index (χ0v) is 10.1. The normalized spacial score (nSPS) is 14.1. The average Bonchev–Trinajstić information content (AvgIpc) is 2.30. The second-order valence-electron chi connectivity index (χ2n) is 3.81. The quantitative estimate of drug-likeness (QED) is 0.770. The van der Waals surface area contributed by atoms with Gasteiger partial charge in [0, 0.05) is 0 Å². The molecule has 1 aromatic carbocycles. The molecule has 94 valence electrons. The molecule has 4 heteroatoms. The number of rotatable bonds is 5. The minimum absolute atomic E-state index is 0.0697. The monoisotopic (exact) mass is 238 g/mol. The van der Waals surface area contributed by atoms with Gasteiger partial charge in [-0.05, 0) is 31.0 Å². The van der Waals surface area contributed by atoms with Crippen molar-refractivity contribution in [2.45, 2.75) is 26.4 Å². The maximum absolute atomic E-state index is 11.6. The van der Waals surface area contributed by atoms with Crippen LogP contribution in [0.15, 0.2) is 24.3 Å². The van der Waals surface area contributed by atoms with Crippen molar-refractivity contribution >= 4 is 5.97 Å². The van der Waals surface area contributed by atoms with E-state index in [9.17, 15) is 15.0 Å². The molecular formula is C13H18O4. The number of phenolic OH excluding ortho intramolecular Hbond substituents is 1. The lowest BCUT2D eigenvalue weighted by Gasteiger charge is -2.20. The summed E-state index contributed by atoms with van der Waals surface area (Å²) in [7, 11) is 0. The second-order valence-corrected chi connectivity index (χ2v) is 3.81. The van der Waals surface area contributed by atoms with E-state index in [0.29, 0.717) is 18.6 Å². The molecule has 2 N–H and O–H groups in total. The van der Waals surface area contributed by atoms with Crippen molar-refractivity contribution in [1.29, 1.82) is 0 Å². The molecule has 0 aromatic heterocycles. The highest BCUT2D eigenvalue weighted by Crippen LogP contribution is 2.27. The van der Waals surface area contributed by atoms with Gasteiger partial charge in [0.2, 0.25) is 0 Å². The third-order valence-electron chi connectivity index (χ3n) is 2.62. The van der Waals surface area contributed by atoms with Crippen LogP contribution in [0.2, 0.25) is 0 Å². The fourth-order valence-corrected chi connectivity index (χ4v) is 1.71. The van der Waals surface area contributed by atoms with Crippen LogP contribution in [0.5, 0.6) is 5.75 Å². The van der Waals surface area contributed by atoms with Crippen LogP contribution < -0.4 is 0 Å². The summed E-state index contributed by atoms with van der Waals surface area (Å²) in [6.07, 6.45) is -0.471. The van der Waals surface area contributed by atoms with E-state index < -0.39 is 18.0 Å². The van der Waals surface area contributed by atoms with Gasteiger partial charge in [0.05, 0.1) is 18.6 Å². The Balaban J connectivity index is 2.85. The minimum Gasteiger partial charge on any atom is -0.508 e. The molecule has 0 aliphatic heterocycles. The lowest BCUT2D eigenvalue weighted by molar-refractivity contribution is -0.152. The zero-order chi connectivity index (χ0) is 12.8. The number of carbonyl (C=O) groups excluding carboxylic acids is 1. The number of aliphatic hydroxyl groups is 1. The molecule has 17 heavy (non-hydrogen) atoms. The van der Waals surface area contributed by atoms with E-state index in [0.717, 1.165) is 0 Å². The first-order valence-electron chi connectivity index (χ1n) is 5.73. The molecule has 0 bridgehead atoms. The van der Waals surface area contributed by atoms with E-state index in [1.54, 1.807) is 19.1 Å². The minimum atomic E-state index is -0.953. The predicted octanol–water partition coefficient (Wildman–Crippen LogP) is 2.01. The summed E-state index contributed by atoms with van der Waals surface area (Å²) in [5.74, 6) is -0.942. The van der Waals surface area contributed by atoms with Crippen molar-refractivity contribution in [1.82, 2.24) is 0 Å². The molecule has 1 rings (SSSR count). The summed E-state index contributed by atoms with van der Waals surface area (Å²) in [6, 6.07) is 6.27. The van der Waals surface area contributed by atoms with Gasteiger partial charge in [-0.1, -0.05) is 19.1 Å².